The summed E-state index contributed by atoms with van der Waals surface area (Å²) in [6, 6.07) is 9.05. The second kappa shape index (κ2) is 5.38. The molecule has 2 nitrogen and oxygen atoms in total. The van der Waals surface area contributed by atoms with Gasteiger partial charge in [-0.2, -0.15) is 0 Å². The highest BCUT2D eigenvalue weighted by molar-refractivity contribution is 7.11. The van der Waals surface area contributed by atoms with Crippen LogP contribution in [0.25, 0.3) is 11.6 Å². The molecule has 0 aliphatic rings. The first kappa shape index (κ1) is 12.9. The average molecular weight is 279 g/mol. The topological polar surface area (TPSA) is 37.3 Å². The third-order valence-electron chi connectivity index (χ3n) is 2.55. The lowest BCUT2D eigenvalue weighted by molar-refractivity contribution is -0.130. The van der Waals surface area contributed by atoms with E-state index in [0.29, 0.717) is 10.6 Å². The Morgan fingerprint density at radius 3 is 2.72 bits per heavy atom. The lowest BCUT2D eigenvalue weighted by Crippen LogP contribution is -1.98. The molecule has 1 aromatic carbocycles. The summed E-state index contributed by atoms with van der Waals surface area (Å²) in [5.74, 6) is -0.924. The highest BCUT2D eigenvalue weighted by atomic mass is 35.5. The van der Waals surface area contributed by atoms with Crippen LogP contribution in [0.5, 0.6) is 0 Å². The van der Waals surface area contributed by atoms with Crippen LogP contribution in [0, 0.1) is 6.92 Å². The van der Waals surface area contributed by atoms with Gasteiger partial charge in [0.05, 0.1) is 5.57 Å². The number of carboxylic acid groups (broad SMARTS) is 1. The van der Waals surface area contributed by atoms with E-state index in [1.54, 1.807) is 18.2 Å². The molecule has 18 heavy (non-hydrogen) atoms. The van der Waals surface area contributed by atoms with E-state index < -0.39 is 5.97 Å². The molecule has 0 saturated heterocycles. The molecule has 1 N–H and O–H groups in total. The number of thiophene rings is 1. The first-order valence-corrected chi connectivity index (χ1v) is 6.58. The van der Waals surface area contributed by atoms with Crippen molar-refractivity contribution < 1.29 is 9.90 Å². The summed E-state index contributed by atoms with van der Waals surface area (Å²) in [6.07, 6.45) is 1.68. The first-order valence-electron chi connectivity index (χ1n) is 5.33. The Hall–Kier alpha value is -1.58. The molecule has 0 unspecified atom stereocenters. The number of rotatable bonds is 3. The predicted molar refractivity (Wildman–Crippen MR) is 76.0 cm³/mol. The molecular formula is C14H11ClO2S. The zero-order valence-corrected chi connectivity index (χ0v) is 11.3. The maximum atomic E-state index is 11.3. The molecule has 4 heteroatoms. The van der Waals surface area contributed by atoms with Crippen LogP contribution >= 0.6 is 22.9 Å². The number of halogens is 1. The third-order valence-corrected chi connectivity index (χ3v) is 3.69. The molecule has 0 atom stereocenters. The Morgan fingerprint density at radius 2 is 2.17 bits per heavy atom. The minimum absolute atomic E-state index is 0.301. The van der Waals surface area contributed by atoms with E-state index in [0.717, 1.165) is 16.0 Å². The minimum atomic E-state index is -0.924. The first-order chi connectivity index (χ1) is 8.58. The summed E-state index contributed by atoms with van der Waals surface area (Å²) < 4.78 is 0. The maximum absolute atomic E-state index is 11.3. The number of carbonyl (C=O) groups is 1. The summed E-state index contributed by atoms with van der Waals surface area (Å²) in [4.78, 5) is 12.0. The molecule has 2 rings (SSSR count). The maximum Gasteiger partial charge on any atom is 0.337 e. The van der Waals surface area contributed by atoms with Crippen molar-refractivity contribution in [2.45, 2.75) is 6.92 Å². The van der Waals surface area contributed by atoms with Crippen LogP contribution in [0.2, 0.25) is 5.02 Å². The van der Waals surface area contributed by atoms with Gasteiger partial charge in [-0.3, -0.25) is 0 Å². The summed E-state index contributed by atoms with van der Waals surface area (Å²) in [5.41, 5.74) is 2.12. The van der Waals surface area contributed by atoms with Gasteiger partial charge in [0.1, 0.15) is 0 Å². The Kier molecular flexibility index (Phi) is 3.84. The summed E-state index contributed by atoms with van der Waals surface area (Å²) >= 11 is 7.29. The monoisotopic (exact) mass is 278 g/mol. The molecule has 92 valence electrons. The molecule has 0 aliphatic carbocycles. The van der Waals surface area contributed by atoms with E-state index in [-0.39, 0.29) is 0 Å². The standard InChI is InChI=1S/C14H11ClO2S/c1-9-7-11(15)5-4-10(9)8-12(14(16)17)13-3-2-6-18-13/h2-8H,1H3,(H,16,17)/b12-8+. The summed E-state index contributed by atoms with van der Waals surface area (Å²) in [6.45, 7) is 1.91. The number of aliphatic carboxylic acids is 1. The molecule has 1 heterocycles. The lowest BCUT2D eigenvalue weighted by Gasteiger charge is -2.03. The van der Waals surface area contributed by atoms with E-state index in [1.165, 1.54) is 11.3 Å². The van der Waals surface area contributed by atoms with Crippen LogP contribution in [0.1, 0.15) is 16.0 Å². The molecule has 0 bridgehead atoms. The molecule has 0 aliphatic heterocycles. The van der Waals surface area contributed by atoms with Crippen molar-refractivity contribution in [2.75, 3.05) is 0 Å². The van der Waals surface area contributed by atoms with Gasteiger partial charge in [-0.15, -0.1) is 11.3 Å². The normalized spacial score (nSPS) is 11.6. The molecule has 2 aromatic rings. The van der Waals surface area contributed by atoms with Crippen molar-refractivity contribution in [1.82, 2.24) is 0 Å². The fourth-order valence-electron chi connectivity index (χ4n) is 1.63. The van der Waals surface area contributed by atoms with Gasteiger partial charge in [-0.05, 0) is 47.7 Å². The highest BCUT2D eigenvalue weighted by Crippen LogP contribution is 2.25. The van der Waals surface area contributed by atoms with Gasteiger partial charge in [0.15, 0.2) is 0 Å². The van der Waals surface area contributed by atoms with Gasteiger partial charge < -0.3 is 5.11 Å². The molecule has 0 amide bonds. The minimum Gasteiger partial charge on any atom is -0.478 e. The highest BCUT2D eigenvalue weighted by Gasteiger charge is 2.11. The molecule has 0 spiro atoms. The van der Waals surface area contributed by atoms with Crippen molar-refractivity contribution >= 4 is 40.6 Å². The van der Waals surface area contributed by atoms with Crippen molar-refractivity contribution in [2.24, 2.45) is 0 Å². The quantitative estimate of drug-likeness (QED) is 0.848. The van der Waals surface area contributed by atoms with E-state index in [4.69, 9.17) is 11.6 Å². The largest absolute Gasteiger partial charge is 0.478 e. The van der Waals surface area contributed by atoms with Gasteiger partial charge in [-0.25, -0.2) is 4.79 Å². The Balaban J connectivity index is 2.49. The van der Waals surface area contributed by atoms with Gasteiger partial charge in [0.25, 0.3) is 0 Å². The van der Waals surface area contributed by atoms with E-state index in [2.05, 4.69) is 0 Å². The molecule has 0 fully saturated rings. The fourth-order valence-corrected chi connectivity index (χ4v) is 2.59. The van der Waals surface area contributed by atoms with Gasteiger partial charge >= 0.3 is 5.97 Å². The fraction of sp³-hybridized carbons (Fsp3) is 0.0714. The molecule has 1 aromatic heterocycles. The van der Waals surface area contributed by atoms with Crippen LogP contribution in [0.15, 0.2) is 35.7 Å². The van der Waals surface area contributed by atoms with Crippen LogP contribution in [-0.4, -0.2) is 11.1 Å². The Bertz CT molecular complexity index is 600. The van der Waals surface area contributed by atoms with Gasteiger partial charge in [-0.1, -0.05) is 23.7 Å². The van der Waals surface area contributed by atoms with Gasteiger partial charge in [0.2, 0.25) is 0 Å². The Labute approximate surface area is 114 Å². The van der Waals surface area contributed by atoms with Crippen molar-refractivity contribution in [3.63, 3.8) is 0 Å². The zero-order chi connectivity index (χ0) is 13.1. The number of carboxylic acids is 1. The average Bonchev–Trinajstić information content (AvgIpc) is 2.80. The van der Waals surface area contributed by atoms with Gasteiger partial charge in [0, 0.05) is 9.90 Å². The second-order valence-electron chi connectivity index (χ2n) is 3.84. The molecule has 0 radical (unpaired) electrons. The van der Waals surface area contributed by atoms with Crippen LogP contribution < -0.4 is 0 Å². The molecule has 0 saturated carbocycles. The Morgan fingerprint density at radius 1 is 1.39 bits per heavy atom. The predicted octanol–water partition coefficient (Wildman–Crippen LogP) is 4.34. The van der Waals surface area contributed by atoms with E-state index in [1.807, 2.05) is 30.5 Å². The number of benzene rings is 1. The number of aryl methyl sites for hydroxylation is 1. The van der Waals surface area contributed by atoms with Crippen molar-refractivity contribution in [3.05, 3.63) is 56.7 Å². The summed E-state index contributed by atoms with van der Waals surface area (Å²) in [5, 5.41) is 11.8. The number of hydrogen-bond donors (Lipinski definition) is 1. The SMILES string of the molecule is Cc1cc(Cl)ccc1/C=C(/C(=O)O)c1cccs1. The third kappa shape index (κ3) is 2.81. The zero-order valence-electron chi connectivity index (χ0n) is 9.68. The second-order valence-corrected chi connectivity index (χ2v) is 5.23. The summed E-state index contributed by atoms with van der Waals surface area (Å²) in [7, 11) is 0. The number of hydrogen-bond acceptors (Lipinski definition) is 2. The molecular weight excluding hydrogens is 268 g/mol. The van der Waals surface area contributed by atoms with Crippen LogP contribution in [-0.2, 0) is 4.79 Å². The lowest BCUT2D eigenvalue weighted by atomic mass is 10.0. The van der Waals surface area contributed by atoms with Crippen molar-refractivity contribution in [3.8, 4) is 0 Å². The smallest absolute Gasteiger partial charge is 0.337 e. The van der Waals surface area contributed by atoms with E-state index in [9.17, 15) is 9.90 Å². The van der Waals surface area contributed by atoms with Crippen LogP contribution in [0.4, 0.5) is 0 Å². The van der Waals surface area contributed by atoms with Crippen molar-refractivity contribution in [1.29, 1.82) is 0 Å². The van der Waals surface area contributed by atoms with E-state index >= 15 is 0 Å². The van der Waals surface area contributed by atoms with Crippen LogP contribution in [0.3, 0.4) is 0 Å².